The van der Waals surface area contributed by atoms with E-state index in [1.165, 1.54) is 12.5 Å². The Bertz CT molecular complexity index is 680. The summed E-state index contributed by atoms with van der Waals surface area (Å²) in [6.45, 7) is 0. The van der Waals surface area contributed by atoms with Crippen LogP contribution in [-0.2, 0) is 10.8 Å². The summed E-state index contributed by atoms with van der Waals surface area (Å²) in [7, 11) is 0.242. The molecular formula is C13H11N3O2S. The molecule has 0 fully saturated rings. The molecule has 0 N–H and O–H groups in total. The van der Waals surface area contributed by atoms with Crippen LogP contribution >= 0.6 is 0 Å². The largest absolute Gasteiger partial charge is 0.496 e. The molecular weight excluding hydrogens is 262 g/mol. The van der Waals surface area contributed by atoms with Gasteiger partial charge in [0.1, 0.15) is 11.8 Å². The molecule has 0 saturated heterocycles. The van der Waals surface area contributed by atoms with Gasteiger partial charge in [-0.15, -0.1) is 0 Å². The first-order valence-electron chi connectivity index (χ1n) is 5.41. The predicted octanol–water partition coefficient (Wildman–Crippen LogP) is 1.76. The molecule has 96 valence electrons. The molecule has 0 radical (unpaired) electrons. The quantitative estimate of drug-likeness (QED) is 0.796. The zero-order valence-corrected chi connectivity index (χ0v) is 11.3. The fourth-order valence-electron chi connectivity index (χ4n) is 1.63. The van der Waals surface area contributed by atoms with E-state index in [1.54, 1.807) is 19.2 Å². The summed E-state index contributed by atoms with van der Waals surface area (Å²) in [6, 6.07) is 9.26. The Balaban J connectivity index is 2.69. The molecule has 1 aromatic heterocycles. The van der Waals surface area contributed by atoms with Gasteiger partial charge in [0, 0.05) is 18.0 Å². The average Bonchev–Trinajstić information content (AvgIpc) is 2.46. The summed E-state index contributed by atoms with van der Waals surface area (Å²) in [5.41, 5.74) is 1.43. The van der Waals surface area contributed by atoms with Crippen molar-refractivity contribution >= 4 is 10.8 Å². The molecule has 1 unspecified atom stereocenters. The summed E-state index contributed by atoms with van der Waals surface area (Å²) in [5, 5.41) is 9.32. The van der Waals surface area contributed by atoms with E-state index in [0.717, 1.165) is 0 Å². The number of hydrogen-bond donors (Lipinski definition) is 0. The van der Waals surface area contributed by atoms with Gasteiger partial charge in [-0.1, -0.05) is 12.1 Å². The molecule has 1 aromatic carbocycles. The summed E-state index contributed by atoms with van der Waals surface area (Å²) in [4.78, 5) is 8.12. The second kappa shape index (κ2) is 5.59. The van der Waals surface area contributed by atoms with Crippen LogP contribution in [0.2, 0.25) is 0 Å². The highest BCUT2D eigenvalue weighted by atomic mass is 32.2. The lowest BCUT2D eigenvalue weighted by Crippen LogP contribution is -2.01. The summed E-state index contributed by atoms with van der Waals surface area (Å²) >= 11 is 0. The number of ether oxygens (including phenoxy) is 1. The Labute approximate surface area is 113 Å². The molecule has 1 atom stereocenters. The topological polar surface area (TPSA) is 75.9 Å². The first-order valence-corrected chi connectivity index (χ1v) is 6.97. The number of nitriles is 1. The number of aromatic nitrogens is 2. The van der Waals surface area contributed by atoms with Crippen LogP contribution in [0.15, 0.2) is 35.6 Å². The van der Waals surface area contributed by atoms with Crippen molar-refractivity contribution in [2.24, 2.45) is 0 Å². The van der Waals surface area contributed by atoms with Gasteiger partial charge in [-0.2, -0.15) is 5.26 Å². The van der Waals surface area contributed by atoms with Crippen molar-refractivity contribution in [3.63, 3.8) is 0 Å². The predicted molar refractivity (Wildman–Crippen MR) is 71.1 cm³/mol. The molecule has 2 rings (SSSR count). The minimum atomic E-state index is -1.30. The van der Waals surface area contributed by atoms with E-state index in [2.05, 4.69) is 9.97 Å². The van der Waals surface area contributed by atoms with Crippen LogP contribution < -0.4 is 4.74 Å². The Morgan fingerprint density at radius 3 is 2.74 bits per heavy atom. The smallest absolute Gasteiger partial charge is 0.218 e. The van der Waals surface area contributed by atoms with Crippen molar-refractivity contribution in [1.82, 2.24) is 9.97 Å². The lowest BCUT2D eigenvalue weighted by Gasteiger charge is -2.09. The lowest BCUT2D eigenvalue weighted by molar-refractivity contribution is 0.416. The summed E-state index contributed by atoms with van der Waals surface area (Å²) in [5.74, 6) is 0.602. The molecule has 0 aliphatic heterocycles. The number of benzene rings is 1. The molecule has 0 amide bonds. The van der Waals surface area contributed by atoms with Gasteiger partial charge in [0.15, 0.2) is 0 Å². The van der Waals surface area contributed by atoms with E-state index in [1.807, 2.05) is 18.2 Å². The van der Waals surface area contributed by atoms with Crippen LogP contribution in [0.3, 0.4) is 0 Å². The van der Waals surface area contributed by atoms with Crippen molar-refractivity contribution in [3.8, 4) is 23.1 Å². The van der Waals surface area contributed by atoms with E-state index >= 15 is 0 Å². The van der Waals surface area contributed by atoms with Crippen molar-refractivity contribution in [2.75, 3.05) is 13.4 Å². The third kappa shape index (κ3) is 2.61. The Kier molecular flexibility index (Phi) is 3.88. The van der Waals surface area contributed by atoms with Crippen molar-refractivity contribution in [3.05, 3.63) is 36.0 Å². The fourth-order valence-corrected chi connectivity index (χ4v) is 2.05. The highest BCUT2D eigenvalue weighted by Gasteiger charge is 2.14. The van der Waals surface area contributed by atoms with Crippen LogP contribution in [0.25, 0.3) is 11.3 Å². The van der Waals surface area contributed by atoms with Gasteiger partial charge in [-0.25, -0.2) is 9.97 Å². The summed E-state index contributed by atoms with van der Waals surface area (Å²) < 4.78 is 16.7. The maximum Gasteiger partial charge on any atom is 0.218 e. The Hall–Kier alpha value is -2.26. The Morgan fingerprint density at radius 2 is 2.11 bits per heavy atom. The van der Waals surface area contributed by atoms with E-state index in [0.29, 0.717) is 22.6 Å². The standard InChI is InChI=1S/C13H11N3O2S/c1-18-11-6-4-3-5-10(11)12-9(7-14)8-15-13(16-12)19(2)17/h3-6,8H,1-2H3. The normalized spacial score (nSPS) is 11.6. The molecule has 6 heteroatoms. The van der Waals surface area contributed by atoms with Crippen molar-refractivity contribution in [2.45, 2.75) is 5.16 Å². The highest BCUT2D eigenvalue weighted by Crippen LogP contribution is 2.30. The second-order valence-electron chi connectivity index (χ2n) is 3.68. The van der Waals surface area contributed by atoms with Crippen LogP contribution in [0.5, 0.6) is 5.75 Å². The molecule has 0 aliphatic carbocycles. The van der Waals surface area contributed by atoms with Gasteiger partial charge < -0.3 is 4.74 Å². The van der Waals surface area contributed by atoms with Crippen molar-refractivity contribution in [1.29, 1.82) is 5.26 Å². The van der Waals surface area contributed by atoms with Crippen LogP contribution in [0.1, 0.15) is 5.56 Å². The maximum atomic E-state index is 11.5. The number of para-hydroxylation sites is 1. The molecule has 0 saturated carbocycles. The van der Waals surface area contributed by atoms with E-state index < -0.39 is 10.8 Å². The monoisotopic (exact) mass is 273 g/mol. The van der Waals surface area contributed by atoms with Crippen LogP contribution in [0.4, 0.5) is 0 Å². The number of hydrogen-bond acceptors (Lipinski definition) is 5. The molecule has 2 aromatic rings. The SMILES string of the molecule is COc1ccccc1-c1nc(S(C)=O)ncc1C#N. The van der Waals surface area contributed by atoms with Crippen LogP contribution in [0, 0.1) is 11.3 Å². The first-order chi connectivity index (χ1) is 9.17. The molecule has 5 nitrogen and oxygen atoms in total. The first kappa shape index (κ1) is 13.2. The van der Waals surface area contributed by atoms with Crippen molar-refractivity contribution < 1.29 is 8.95 Å². The third-order valence-corrected chi connectivity index (χ3v) is 3.22. The zero-order chi connectivity index (χ0) is 13.8. The third-order valence-electron chi connectivity index (χ3n) is 2.51. The molecule has 1 heterocycles. The van der Waals surface area contributed by atoms with Gasteiger partial charge in [0.05, 0.1) is 29.2 Å². The number of methoxy groups -OCH3 is 1. The minimum absolute atomic E-state index is 0.194. The molecule has 0 spiro atoms. The maximum absolute atomic E-state index is 11.5. The van der Waals surface area contributed by atoms with Crippen LogP contribution in [-0.4, -0.2) is 27.5 Å². The van der Waals surface area contributed by atoms with E-state index in [9.17, 15) is 4.21 Å². The molecule has 0 aliphatic rings. The van der Waals surface area contributed by atoms with Gasteiger partial charge in [0.2, 0.25) is 5.16 Å². The second-order valence-corrected chi connectivity index (χ2v) is 4.95. The molecule has 19 heavy (non-hydrogen) atoms. The van der Waals surface area contributed by atoms with Gasteiger partial charge in [-0.3, -0.25) is 4.21 Å². The number of nitrogens with zero attached hydrogens (tertiary/aromatic N) is 3. The van der Waals surface area contributed by atoms with E-state index in [-0.39, 0.29) is 5.16 Å². The lowest BCUT2D eigenvalue weighted by atomic mass is 10.1. The van der Waals surface area contributed by atoms with Gasteiger partial charge >= 0.3 is 0 Å². The average molecular weight is 273 g/mol. The van der Waals surface area contributed by atoms with Gasteiger partial charge in [-0.05, 0) is 12.1 Å². The minimum Gasteiger partial charge on any atom is -0.496 e. The fraction of sp³-hybridized carbons (Fsp3) is 0.154. The number of rotatable bonds is 3. The Morgan fingerprint density at radius 1 is 1.37 bits per heavy atom. The highest BCUT2D eigenvalue weighted by molar-refractivity contribution is 7.84. The zero-order valence-electron chi connectivity index (χ0n) is 10.5. The van der Waals surface area contributed by atoms with E-state index in [4.69, 9.17) is 10.00 Å². The molecule has 0 bridgehead atoms. The van der Waals surface area contributed by atoms with Gasteiger partial charge in [0.25, 0.3) is 0 Å². The summed E-state index contributed by atoms with van der Waals surface area (Å²) in [6.07, 6.45) is 2.87.